The van der Waals surface area contributed by atoms with Gasteiger partial charge in [0.2, 0.25) is 0 Å². The molecule has 1 aliphatic rings. The minimum Gasteiger partial charge on any atom is -0.352 e. The molecule has 26 heavy (non-hydrogen) atoms. The maximum absolute atomic E-state index is 12.0. The van der Waals surface area contributed by atoms with Gasteiger partial charge in [-0.05, 0) is 49.6 Å². The van der Waals surface area contributed by atoms with Gasteiger partial charge in [-0.3, -0.25) is 9.78 Å². The predicted molar refractivity (Wildman–Crippen MR) is 105 cm³/mol. The molecule has 0 atom stereocenters. The molecule has 0 bridgehead atoms. The van der Waals surface area contributed by atoms with Crippen molar-refractivity contribution in [3.8, 4) is 0 Å². The molecule has 1 aromatic carbocycles. The minimum absolute atomic E-state index is 0.00779. The third-order valence-electron chi connectivity index (χ3n) is 5.34. The van der Waals surface area contributed by atoms with Gasteiger partial charge in [-0.1, -0.05) is 37.5 Å². The van der Waals surface area contributed by atoms with E-state index < -0.39 is 0 Å². The number of carbonyl (C=O) groups is 1. The number of benzene rings is 1. The van der Waals surface area contributed by atoms with Gasteiger partial charge >= 0.3 is 0 Å². The van der Waals surface area contributed by atoms with E-state index in [-0.39, 0.29) is 11.3 Å². The third kappa shape index (κ3) is 4.50. The summed E-state index contributed by atoms with van der Waals surface area (Å²) in [5, 5.41) is 6.49. The standard InChI is InChI=1S/C22H29N3O/c1-2-24-21(26)19-10-8-9-18(15-19)16-23-17-22(12-5-3-6-13-22)20-11-4-7-14-25-20/h4,7-11,14-15,23H,2-3,5-6,12-13,16-17H2,1H3,(H,24,26). The number of hydrogen-bond acceptors (Lipinski definition) is 3. The Kier molecular flexibility index (Phi) is 6.40. The molecule has 0 aliphatic heterocycles. The van der Waals surface area contributed by atoms with Gasteiger partial charge in [-0.15, -0.1) is 0 Å². The molecule has 4 heteroatoms. The highest BCUT2D eigenvalue weighted by molar-refractivity contribution is 5.94. The Morgan fingerprint density at radius 2 is 1.96 bits per heavy atom. The summed E-state index contributed by atoms with van der Waals surface area (Å²) in [6.45, 7) is 4.27. The Bertz CT molecular complexity index is 708. The molecule has 1 amide bonds. The van der Waals surface area contributed by atoms with E-state index in [0.29, 0.717) is 6.54 Å². The van der Waals surface area contributed by atoms with Crippen molar-refractivity contribution in [1.82, 2.24) is 15.6 Å². The van der Waals surface area contributed by atoms with Crippen LogP contribution in [0.2, 0.25) is 0 Å². The van der Waals surface area contributed by atoms with Gasteiger partial charge in [0.25, 0.3) is 5.91 Å². The molecule has 0 radical (unpaired) electrons. The molecular weight excluding hydrogens is 322 g/mol. The highest BCUT2D eigenvalue weighted by atomic mass is 16.1. The fourth-order valence-electron chi connectivity index (χ4n) is 3.96. The van der Waals surface area contributed by atoms with Crippen LogP contribution in [0.5, 0.6) is 0 Å². The molecule has 0 saturated heterocycles. The number of aromatic nitrogens is 1. The van der Waals surface area contributed by atoms with Crippen LogP contribution in [0.3, 0.4) is 0 Å². The molecule has 1 heterocycles. The van der Waals surface area contributed by atoms with E-state index in [1.54, 1.807) is 0 Å². The van der Waals surface area contributed by atoms with Crippen molar-refractivity contribution in [1.29, 1.82) is 0 Å². The van der Waals surface area contributed by atoms with Gasteiger partial charge in [0.05, 0.1) is 0 Å². The molecule has 138 valence electrons. The zero-order valence-electron chi connectivity index (χ0n) is 15.6. The van der Waals surface area contributed by atoms with Crippen molar-refractivity contribution in [2.45, 2.75) is 51.0 Å². The Morgan fingerprint density at radius 3 is 2.69 bits per heavy atom. The number of nitrogens with one attached hydrogen (secondary N) is 2. The van der Waals surface area contributed by atoms with E-state index in [1.165, 1.54) is 37.8 Å². The topological polar surface area (TPSA) is 54.0 Å². The number of nitrogens with zero attached hydrogens (tertiary/aromatic N) is 1. The molecule has 4 nitrogen and oxygen atoms in total. The van der Waals surface area contributed by atoms with E-state index in [0.717, 1.165) is 24.2 Å². The third-order valence-corrected chi connectivity index (χ3v) is 5.34. The highest BCUT2D eigenvalue weighted by Gasteiger charge is 2.34. The smallest absolute Gasteiger partial charge is 0.251 e. The number of amides is 1. The van der Waals surface area contributed by atoms with Gasteiger partial charge in [0, 0.05) is 42.5 Å². The molecule has 3 rings (SSSR count). The molecule has 1 fully saturated rings. The zero-order chi connectivity index (χ0) is 18.2. The van der Waals surface area contributed by atoms with Crippen LogP contribution in [-0.2, 0) is 12.0 Å². The fraction of sp³-hybridized carbons (Fsp3) is 0.455. The molecule has 1 saturated carbocycles. The number of carbonyl (C=O) groups excluding carboxylic acids is 1. The lowest BCUT2D eigenvalue weighted by Crippen LogP contribution is -2.40. The first kappa shape index (κ1) is 18.6. The summed E-state index contributed by atoms with van der Waals surface area (Å²) >= 11 is 0. The van der Waals surface area contributed by atoms with Gasteiger partial charge in [-0.25, -0.2) is 0 Å². The van der Waals surface area contributed by atoms with Gasteiger partial charge in [0.15, 0.2) is 0 Å². The van der Waals surface area contributed by atoms with Gasteiger partial charge in [0.1, 0.15) is 0 Å². The Labute approximate surface area is 156 Å². The van der Waals surface area contributed by atoms with Crippen molar-refractivity contribution in [2.75, 3.05) is 13.1 Å². The maximum atomic E-state index is 12.0. The summed E-state index contributed by atoms with van der Waals surface area (Å²) < 4.78 is 0. The molecule has 0 spiro atoms. The van der Waals surface area contributed by atoms with Crippen molar-refractivity contribution in [3.63, 3.8) is 0 Å². The first-order chi connectivity index (χ1) is 12.7. The predicted octanol–water partition coefficient (Wildman–Crippen LogP) is 3.82. The summed E-state index contributed by atoms with van der Waals surface area (Å²) in [6, 6.07) is 14.1. The van der Waals surface area contributed by atoms with Gasteiger partial charge in [-0.2, -0.15) is 0 Å². The average molecular weight is 351 g/mol. The number of rotatable bonds is 7. The van der Waals surface area contributed by atoms with E-state index >= 15 is 0 Å². The fourth-order valence-corrected chi connectivity index (χ4v) is 3.96. The SMILES string of the molecule is CCNC(=O)c1cccc(CNCC2(c3ccccn3)CCCCC2)c1. The lowest BCUT2D eigenvalue weighted by atomic mass is 9.71. The van der Waals surface area contributed by atoms with Crippen LogP contribution in [0.1, 0.15) is 60.6 Å². The summed E-state index contributed by atoms with van der Waals surface area (Å²) in [7, 11) is 0. The molecule has 2 N–H and O–H groups in total. The van der Waals surface area contributed by atoms with E-state index in [9.17, 15) is 4.79 Å². The second-order valence-corrected chi connectivity index (χ2v) is 7.22. The second-order valence-electron chi connectivity index (χ2n) is 7.22. The van der Waals surface area contributed by atoms with Crippen molar-refractivity contribution in [3.05, 3.63) is 65.5 Å². The average Bonchev–Trinajstić information content (AvgIpc) is 2.70. The van der Waals surface area contributed by atoms with Crippen molar-refractivity contribution >= 4 is 5.91 Å². The molecular formula is C22H29N3O. The van der Waals surface area contributed by atoms with E-state index in [2.05, 4.69) is 33.8 Å². The first-order valence-electron chi connectivity index (χ1n) is 9.73. The summed E-state index contributed by atoms with van der Waals surface area (Å²) in [5.41, 5.74) is 3.21. The van der Waals surface area contributed by atoms with Crippen LogP contribution in [0.4, 0.5) is 0 Å². The normalized spacial score (nSPS) is 16.2. The maximum Gasteiger partial charge on any atom is 0.251 e. The van der Waals surface area contributed by atoms with Crippen LogP contribution >= 0.6 is 0 Å². The number of hydrogen-bond donors (Lipinski definition) is 2. The highest BCUT2D eigenvalue weighted by Crippen LogP contribution is 2.37. The Balaban J connectivity index is 1.65. The molecule has 1 aliphatic carbocycles. The second kappa shape index (κ2) is 8.95. The summed E-state index contributed by atoms with van der Waals surface area (Å²) in [4.78, 5) is 16.7. The van der Waals surface area contributed by atoms with Crippen LogP contribution in [0, 0.1) is 0 Å². The van der Waals surface area contributed by atoms with E-state index in [1.807, 2.05) is 37.4 Å². The van der Waals surface area contributed by atoms with Crippen LogP contribution in [0.25, 0.3) is 0 Å². The quantitative estimate of drug-likeness (QED) is 0.797. The van der Waals surface area contributed by atoms with E-state index in [4.69, 9.17) is 0 Å². The Morgan fingerprint density at radius 1 is 1.12 bits per heavy atom. The van der Waals surface area contributed by atoms with Gasteiger partial charge < -0.3 is 10.6 Å². The van der Waals surface area contributed by atoms with Crippen molar-refractivity contribution < 1.29 is 4.79 Å². The first-order valence-corrected chi connectivity index (χ1v) is 9.73. The summed E-state index contributed by atoms with van der Waals surface area (Å²) in [5.74, 6) is -0.00779. The lowest BCUT2D eigenvalue weighted by Gasteiger charge is -2.37. The Hall–Kier alpha value is -2.20. The van der Waals surface area contributed by atoms with Crippen LogP contribution < -0.4 is 10.6 Å². The van der Waals surface area contributed by atoms with Crippen LogP contribution in [-0.4, -0.2) is 24.0 Å². The zero-order valence-corrected chi connectivity index (χ0v) is 15.6. The van der Waals surface area contributed by atoms with Crippen LogP contribution in [0.15, 0.2) is 48.7 Å². The lowest BCUT2D eigenvalue weighted by molar-refractivity contribution is 0.0955. The molecule has 1 aromatic heterocycles. The van der Waals surface area contributed by atoms with Crippen molar-refractivity contribution in [2.24, 2.45) is 0 Å². The monoisotopic (exact) mass is 351 g/mol. The number of pyridine rings is 1. The summed E-state index contributed by atoms with van der Waals surface area (Å²) in [6.07, 6.45) is 8.15. The largest absolute Gasteiger partial charge is 0.352 e. The molecule has 0 unspecified atom stereocenters. The minimum atomic E-state index is -0.00779. The molecule has 2 aromatic rings.